The van der Waals surface area contributed by atoms with E-state index < -0.39 is 53.4 Å². The zero-order chi connectivity index (χ0) is 39.8. The Labute approximate surface area is 327 Å². The number of carbonyl (C=O) groups is 5. The third kappa shape index (κ3) is 15.1. The van der Waals surface area contributed by atoms with E-state index >= 15 is 0 Å². The molecule has 2 heterocycles. The van der Waals surface area contributed by atoms with Crippen LogP contribution >= 0.6 is 0 Å². The van der Waals surface area contributed by atoms with Crippen molar-refractivity contribution in [1.29, 1.82) is 0 Å². The summed E-state index contributed by atoms with van der Waals surface area (Å²) in [6.45, 7) is 12.9. The quantitative estimate of drug-likeness (QED) is 0.0986. The van der Waals surface area contributed by atoms with Crippen molar-refractivity contribution in [3.8, 4) is 0 Å². The number of Topliss-reactive ketones (excluding diaryl/α,β-unsaturated/α-hetero) is 1. The predicted octanol–water partition coefficient (Wildman–Crippen LogP) is 3.75. The molecule has 302 valence electrons. The Morgan fingerprint density at radius 1 is 0.709 bits per heavy atom. The number of nitrogens with zero attached hydrogens (tertiary/aromatic N) is 1. The number of piperidine rings is 1. The van der Waals surface area contributed by atoms with Crippen molar-refractivity contribution in [3.05, 3.63) is 71.8 Å². The van der Waals surface area contributed by atoms with Crippen LogP contribution in [0.15, 0.2) is 60.7 Å². The lowest BCUT2D eigenvalue weighted by atomic mass is 9.93. The van der Waals surface area contributed by atoms with E-state index in [-0.39, 0.29) is 30.6 Å². The van der Waals surface area contributed by atoms with Gasteiger partial charge in [-0.05, 0) is 81.5 Å². The summed E-state index contributed by atoms with van der Waals surface area (Å²) in [7, 11) is 0. The number of hydrogen-bond acceptors (Lipinski definition) is 8. The van der Waals surface area contributed by atoms with Crippen LogP contribution in [0, 0.1) is 11.8 Å². The van der Waals surface area contributed by atoms with Crippen LogP contribution in [0.1, 0.15) is 84.3 Å². The molecule has 0 aromatic heterocycles. The van der Waals surface area contributed by atoms with Crippen LogP contribution in [0.3, 0.4) is 0 Å². The second-order valence-corrected chi connectivity index (χ2v) is 16.1. The Morgan fingerprint density at radius 2 is 1.24 bits per heavy atom. The van der Waals surface area contributed by atoms with Crippen LogP contribution < -0.4 is 21.3 Å². The molecule has 55 heavy (non-hydrogen) atoms. The first-order valence-electron chi connectivity index (χ1n) is 20.1. The molecule has 0 bridgehead atoms. The van der Waals surface area contributed by atoms with Crippen LogP contribution in [0.2, 0.25) is 0 Å². The second kappa shape index (κ2) is 21.8. The molecule has 0 saturated carbocycles. The van der Waals surface area contributed by atoms with Gasteiger partial charge in [-0.15, -0.1) is 0 Å². The van der Waals surface area contributed by atoms with E-state index in [4.69, 9.17) is 9.47 Å². The van der Waals surface area contributed by atoms with Gasteiger partial charge in [-0.1, -0.05) is 94.8 Å². The fraction of sp³-hybridized carbons (Fsp3) is 0.605. The lowest BCUT2D eigenvalue weighted by Gasteiger charge is -2.28. The van der Waals surface area contributed by atoms with Gasteiger partial charge in [0.25, 0.3) is 0 Å². The number of ketones is 1. The highest BCUT2D eigenvalue weighted by atomic mass is 16.6. The predicted molar refractivity (Wildman–Crippen MR) is 212 cm³/mol. The summed E-state index contributed by atoms with van der Waals surface area (Å²) >= 11 is 0. The molecule has 12 nitrogen and oxygen atoms in total. The molecule has 2 aliphatic heterocycles. The molecule has 5 atom stereocenters. The van der Waals surface area contributed by atoms with Gasteiger partial charge in [0, 0.05) is 13.0 Å². The minimum absolute atomic E-state index is 0.00967. The summed E-state index contributed by atoms with van der Waals surface area (Å²) in [5.74, 6) is -2.00. The van der Waals surface area contributed by atoms with Crippen LogP contribution in [-0.2, 0) is 46.3 Å². The number of rotatable bonds is 23. The maximum Gasteiger partial charge on any atom is 0.246 e. The Bertz CT molecular complexity index is 1530. The van der Waals surface area contributed by atoms with Gasteiger partial charge in [0.05, 0.1) is 19.3 Å². The van der Waals surface area contributed by atoms with E-state index in [0.29, 0.717) is 38.9 Å². The third-order valence-corrected chi connectivity index (χ3v) is 10.1. The monoisotopic (exact) mass is 761 g/mol. The zero-order valence-electron chi connectivity index (χ0n) is 33.4. The molecule has 4 rings (SSSR count). The van der Waals surface area contributed by atoms with E-state index in [1.807, 2.05) is 88.4 Å². The van der Waals surface area contributed by atoms with Crippen molar-refractivity contribution < 1.29 is 33.4 Å². The fourth-order valence-electron chi connectivity index (χ4n) is 6.90. The highest BCUT2D eigenvalue weighted by Crippen LogP contribution is 2.29. The number of amides is 4. The Morgan fingerprint density at radius 3 is 1.84 bits per heavy atom. The molecule has 4 N–H and O–H groups in total. The summed E-state index contributed by atoms with van der Waals surface area (Å²) in [6, 6.07) is 15.2. The molecule has 2 saturated heterocycles. The summed E-state index contributed by atoms with van der Waals surface area (Å²) in [4.78, 5) is 70.9. The zero-order valence-corrected chi connectivity index (χ0v) is 33.4. The molecule has 0 aliphatic carbocycles. The Hall–Kier alpha value is -4.13. The van der Waals surface area contributed by atoms with Crippen molar-refractivity contribution in [3.63, 3.8) is 0 Å². The van der Waals surface area contributed by atoms with E-state index in [1.165, 1.54) is 19.3 Å². The Kier molecular flexibility index (Phi) is 17.3. The molecule has 2 aliphatic rings. The number of nitrogens with one attached hydrogen (secondary N) is 4. The first-order chi connectivity index (χ1) is 26.3. The highest BCUT2D eigenvalue weighted by Gasteiger charge is 2.50. The topological polar surface area (TPSA) is 158 Å². The van der Waals surface area contributed by atoms with Crippen molar-refractivity contribution >= 4 is 29.4 Å². The number of carbonyl (C=O) groups excluding carboxylic acids is 5. The van der Waals surface area contributed by atoms with Gasteiger partial charge in [0.15, 0.2) is 5.78 Å². The summed E-state index contributed by atoms with van der Waals surface area (Å²) in [5.41, 5.74) is 0.900. The largest absolute Gasteiger partial charge is 0.370 e. The fourth-order valence-corrected chi connectivity index (χ4v) is 6.90. The minimum atomic E-state index is -1.03. The summed E-state index contributed by atoms with van der Waals surface area (Å²) in [5, 5.41) is 11.6. The first kappa shape index (κ1) is 43.6. The van der Waals surface area contributed by atoms with E-state index in [1.54, 1.807) is 6.92 Å². The third-order valence-electron chi connectivity index (χ3n) is 10.1. The maximum atomic E-state index is 14.1. The molecular weight excluding hydrogens is 699 g/mol. The van der Waals surface area contributed by atoms with Crippen LogP contribution in [0.25, 0.3) is 0 Å². The average molecular weight is 762 g/mol. The molecule has 12 heteroatoms. The molecule has 0 spiro atoms. The van der Waals surface area contributed by atoms with Gasteiger partial charge in [0.2, 0.25) is 23.6 Å². The Balaban J connectivity index is 1.46. The van der Waals surface area contributed by atoms with Crippen molar-refractivity contribution in [2.45, 2.75) is 116 Å². The summed E-state index contributed by atoms with van der Waals surface area (Å²) in [6.07, 6.45) is 5.29. The van der Waals surface area contributed by atoms with Gasteiger partial charge in [-0.2, -0.15) is 0 Å². The molecule has 2 aromatic carbocycles. The van der Waals surface area contributed by atoms with Gasteiger partial charge in [0.1, 0.15) is 30.3 Å². The van der Waals surface area contributed by atoms with E-state index in [2.05, 4.69) is 26.2 Å². The van der Waals surface area contributed by atoms with Crippen LogP contribution in [0.5, 0.6) is 0 Å². The number of hydrogen-bond donors (Lipinski definition) is 4. The number of epoxide rings is 1. The average Bonchev–Trinajstić information content (AvgIpc) is 3.92. The SMILES string of the molecule is CC(C)C[C@H](NC(=O)[C@H](CCc1ccccc1)NC(=O)COCCN1CCCCC1)C(=O)N[C@@H](Cc1ccccc1)C(=O)N[C@@H](CC(C)C)C(=O)[C@@]1(C)CO1. The molecular formula is C43H63N5O7. The molecule has 2 aromatic rings. The van der Waals surface area contributed by atoms with Crippen molar-refractivity contribution in [1.82, 2.24) is 26.2 Å². The normalized spacial score (nSPS) is 19.2. The van der Waals surface area contributed by atoms with E-state index in [0.717, 1.165) is 30.8 Å². The molecule has 0 radical (unpaired) electrons. The first-order valence-corrected chi connectivity index (χ1v) is 20.1. The number of likely N-dealkylation sites (tertiary alicyclic amines) is 1. The lowest BCUT2D eigenvalue weighted by Crippen LogP contribution is -2.59. The van der Waals surface area contributed by atoms with Crippen molar-refractivity contribution in [2.75, 3.05) is 39.5 Å². The van der Waals surface area contributed by atoms with E-state index in [9.17, 15) is 24.0 Å². The second-order valence-electron chi connectivity index (χ2n) is 16.1. The number of ether oxygens (including phenoxy) is 2. The number of aryl methyl sites for hydroxylation is 1. The molecule has 0 unspecified atom stereocenters. The van der Waals surface area contributed by atoms with Gasteiger partial charge in [-0.3, -0.25) is 24.0 Å². The molecule has 4 amide bonds. The van der Waals surface area contributed by atoms with Crippen LogP contribution in [-0.4, -0.2) is 104 Å². The van der Waals surface area contributed by atoms with Gasteiger partial charge >= 0.3 is 0 Å². The maximum absolute atomic E-state index is 14.1. The van der Waals surface area contributed by atoms with Crippen molar-refractivity contribution in [2.24, 2.45) is 11.8 Å². The standard InChI is InChI=1S/C43H63N5O7/c1-30(2)25-35(39(50)43(5)29-55-43)45-42(53)37(27-33-17-11-7-12-18-33)47-41(52)36(26-31(3)4)46-40(51)34(20-19-32-15-9-6-10-16-32)44-38(49)28-54-24-23-48-21-13-8-14-22-48/h6-7,9-12,15-18,30-31,34-37H,8,13-14,19-29H2,1-5H3,(H,44,49)(H,45,53)(H,46,51)(H,47,52)/t34-,35-,36-,37-,43+/m0/s1. The van der Waals surface area contributed by atoms with Gasteiger partial charge < -0.3 is 35.6 Å². The highest BCUT2D eigenvalue weighted by molar-refractivity contribution is 5.98. The van der Waals surface area contributed by atoms with Crippen LogP contribution in [0.4, 0.5) is 0 Å². The minimum Gasteiger partial charge on any atom is -0.370 e. The summed E-state index contributed by atoms with van der Waals surface area (Å²) < 4.78 is 11.1. The van der Waals surface area contributed by atoms with Gasteiger partial charge in [-0.25, -0.2) is 0 Å². The number of benzene rings is 2. The molecule has 2 fully saturated rings. The smallest absolute Gasteiger partial charge is 0.246 e. The lowest BCUT2D eigenvalue weighted by molar-refractivity contribution is -0.135.